The molecule has 0 heterocycles. The number of carbonyl (C=O) groups excluding carboxylic acids is 1. The van der Waals surface area contributed by atoms with Crippen molar-refractivity contribution in [1.82, 2.24) is 5.32 Å². The van der Waals surface area contributed by atoms with Crippen molar-refractivity contribution in [2.45, 2.75) is 12.6 Å². The van der Waals surface area contributed by atoms with Crippen molar-refractivity contribution in [1.29, 1.82) is 5.41 Å². The van der Waals surface area contributed by atoms with Crippen LogP contribution in [0.1, 0.15) is 22.7 Å². The molecule has 0 bridgehead atoms. The van der Waals surface area contributed by atoms with Gasteiger partial charge in [-0.25, -0.2) is 0 Å². The maximum absolute atomic E-state index is 13.4. The van der Waals surface area contributed by atoms with E-state index in [-0.39, 0.29) is 11.7 Å². The molecule has 33 heavy (non-hydrogen) atoms. The number of ether oxygens (including phenoxy) is 3. The first-order valence-corrected chi connectivity index (χ1v) is 10.3. The van der Waals surface area contributed by atoms with Crippen LogP contribution in [0.3, 0.4) is 0 Å². The van der Waals surface area contributed by atoms with Crippen LogP contribution in [-0.2, 0) is 11.3 Å². The second kappa shape index (κ2) is 10.9. The number of benzene rings is 3. The fraction of sp³-hybridized carbons (Fsp3) is 0.200. The molecule has 3 rings (SSSR count). The summed E-state index contributed by atoms with van der Waals surface area (Å²) < 4.78 is 16.5. The van der Waals surface area contributed by atoms with Gasteiger partial charge in [0.15, 0.2) is 11.5 Å². The van der Waals surface area contributed by atoms with Gasteiger partial charge in [0.1, 0.15) is 11.9 Å². The summed E-state index contributed by atoms with van der Waals surface area (Å²) in [6.07, 6.45) is 0. The van der Waals surface area contributed by atoms with Gasteiger partial charge in [0.25, 0.3) is 0 Å². The predicted molar refractivity (Wildman–Crippen MR) is 128 cm³/mol. The zero-order valence-electron chi connectivity index (χ0n) is 18.8. The predicted octanol–water partition coefficient (Wildman–Crippen LogP) is 3.47. The Kier molecular flexibility index (Phi) is 7.75. The SMILES string of the molecule is COc1ccc(C(Nc2ccc(C(=N)N)cc2)C(=O)NCc2ccccc2)c(OC)c1OC. The van der Waals surface area contributed by atoms with Crippen LogP contribution in [0.5, 0.6) is 17.2 Å². The molecule has 0 saturated heterocycles. The monoisotopic (exact) mass is 448 g/mol. The zero-order chi connectivity index (χ0) is 23.8. The summed E-state index contributed by atoms with van der Waals surface area (Å²) in [6.45, 7) is 0.372. The molecule has 0 spiro atoms. The van der Waals surface area contributed by atoms with Crippen molar-refractivity contribution in [2.24, 2.45) is 5.73 Å². The van der Waals surface area contributed by atoms with Gasteiger partial charge in [-0.05, 0) is 42.0 Å². The maximum Gasteiger partial charge on any atom is 0.247 e. The number of hydrogen-bond acceptors (Lipinski definition) is 6. The highest BCUT2D eigenvalue weighted by molar-refractivity contribution is 5.95. The van der Waals surface area contributed by atoms with Crippen LogP contribution in [0.4, 0.5) is 5.69 Å². The van der Waals surface area contributed by atoms with Gasteiger partial charge >= 0.3 is 0 Å². The van der Waals surface area contributed by atoms with Gasteiger partial charge in [-0.2, -0.15) is 0 Å². The highest BCUT2D eigenvalue weighted by atomic mass is 16.5. The molecule has 3 aromatic carbocycles. The molecule has 0 aliphatic carbocycles. The van der Waals surface area contributed by atoms with E-state index >= 15 is 0 Å². The Morgan fingerprint density at radius 3 is 2.15 bits per heavy atom. The lowest BCUT2D eigenvalue weighted by molar-refractivity contribution is -0.122. The number of amides is 1. The highest BCUT2D eigenvalue weighted by Gasteiger charge is 2.27. The molecule has 1 unspecified atom stereocenters. The first-order valence-electron chi connectivity index (χ1n) is 10.3. The Hall–Kier alpha value is -4.20. The summed E-state index contributed by atoms with van der Waals surface area (Å²) in [6, 6.07) is 19.3. The van der Waals surface area contributed by atoms with Crippen molar-refractivity contribution in [3.8, 4) is 17.2 Å². The van der Waals surface area contributed by atoms with Crippen molar-refractivity contribution < 1.29 is 19.0 Å². The normalized spacial score (nSPS) is 11.2. The molecule has 172 valence electrons. The third-order valence-electron chi connectivity index (χ3n) is 5.12. The standard InChI is InChI=1S/C25H28N4O4/c1-31-20-14-13-19(22(32-2)23(20)33-3)21(25(30)28-15-16-7-5-4-6-8-16)29-18-11-9-17(10-12-18)24(26)27/h4-14,21,29H,15H2,1-3H3,(H3,26,27)(H,28,30). The second-order valence-corrected chi connectivity index (χ2v) is 7.20. The van der Waals surface area contributed by atoms with Gasteiger partial charge in [0.2, 0.25) is 11.7 Å². The maximum atomic E-state index is 13.4. The largest absolute Gasteiger partial charge is 0.493 e. The smallest absolute Gasteiger partial charge is 0.247 e. The minimum absolute atomic E-state index is 0.0275. The van der Waals surface area contributed by atoms with Crippen LogP contribution < -0.4 is 30.6 Å². The molecule has 0 aliphatic heterocycles. The molecule has 1 atom stereocenters. The van der Waals surface area contributed by atoms with Gasteiger partial charge in [0.05, 0.1) is 21.3 Å². The molecule has 0 aliphatic rings. The van der Waals surface area contributed by atoms with Crippen LogP contribution >= 0.6 is 0 Å². The number of nitrogens with two attached hydrogens (primary N) is 1. The van der Waals surface area contributed by atoms with E-state index in [1.807, 2.05) is 30.3 Å². The van der Waals surface area contributed by atoms with Crippen LogP contribution in [0.15, 0.2) is 66.7 Å². The summed E-state index contributed by atoms with van der Waals surface area (Å²) in [7, 11) is 4.57. The van der Waals surface area contributed by atoms with Crippen molar-refractivity contribution >= 4 is 17.4 Å². The minimum atomic E-state index is -0.799. The van der Waals surface area contributed by atoms with E-state index in [4.69, 9.17) is 25.4 Å². The average molecular weight is 449 g/mol. The van der Waals surface area contributed by atoms with Crippen LogP contribution in [-0.4, -0.2) is 33.1 Å². The quantitative estimate of drug-likeness (QED) is 0.279. The minimum Gasteiger partial charge on any atom is -0.493 e. The molecular weight excluding hydrogens is 420 g/mol. The van der Waals surface area contributed by atoms with E-state index in [1.54, 1.807) is 36.4 Å². The summed E-state index contributed by atoms with van der Waals surface area (Å²) in [4.78, 5) is 13.4. The molecule has 0 aromatic heterocycles. The molecule has 8 heteroatoms. The third kappa shape index (κ3) is 5.54. The molecular formula is C25H28N4O4. The number of methoxy groups -OCH3 is 3. The molecule has 0 radical (unpaired) electrons. The highest BCUT2D eigenvalue weighted by Crippen LogP contribution is 2.42. The van der Waals surface area contributed by atoms with E-state index in [0.717, 1.165) is 5.56 Å². The summed E-state index contributed by atoms with van der Waals surface area (Å²) in [5, 5.41) is 13.8. The Balaban J connectivity index is 1.97. The van der Waals surface area contributed by atoms with Gasteiger partial charge in [-0.3, -0.25) is 10.2 Å². The molecule has 3 aromatic rings. The van der Waals surface area contributed by atoms with Crippen molar-refractivity contribution in [2.75, 3.05) is 26.6 Å². The number of carbonyl (C=O) groups is 1. The number of nitrogens with one attached hydrogen (secondary N) is 3. The Morgan fingerprint density at radius 1 is 0.909 bits per heavy atom. The fourth-order valence-corrected chi connectivity index (χ4v) is 3.44. The lowest BCUT2D eigenvalue weighted by atomic mass is 10.0. The lowest BCUT2D eigenvalue weighted by Gasteiger charge is -2.24. The van der Waals surface area contributed by atoms with Gasteiger partial charge in [-0.1, -0.05) is 30.3 Å². The first kappa shape index (κ1) is 23.5. The number of amidine groups is 1. The number of nitrogen functional groups attached to an aromatic ring is 1. The Labute approximate surface area is 193 Å². The number of anilines is 1. The first-order chi connectivity index (χ1) is 16.0. The van der Waals surface area contributed by atoms with Crippen molar-refractivity contribution in [3.63, 3.8) is 0 Å². The topological polar surface area (TPSA) is 119 Å². The summed E-state index contributed by atoms with van der Waals surface area (Å²) in [5.41, 5.74) is 8.38. The molecule has 0 fully saturated rings. The zero-order valence-corrected chi connectivity index (χ0v) is 18.8. The number of rotatable bonds is 10. The third-order valence-corrected chi connectivity index (χ3v) is 5.12. The summed E-state index contributed by atoms with van der Waals surface area (Å²) >= 11 is 0. The Morgan fingerprint density at radius 2 is 1.58 bits per heavy atom. The van der Waals surface area contributed by atoms with Gasteiger partial charge in [-0.15, -0.1) is 0 Å². The molecule has 5 N–H and O–H groups in total. The van der Waals surface area contributed by atoms with E-state index in [9.17, 15) is 4.79 Å². The van der Waals surface area contributed by atoms with E-state index in [0.29, 0.717) is 40.6 Å². The number of hydrogen-bond donors (Lipinski definition) is 4. The van der Waals surface area contributed by atoms with Crippen LogP contribution in [0, 0.1) is 5.41 Å². The van der Waals surface area contributed by atoms with E-state index in [1.165, 1.54) is 21.3 Å². The van der Waals surface area contributed by atoms with Crippen LogP contribution in [0.25, 0.3) is 0 Å². The molecule has 0 saturated carbocycles. The van der Waals surface area contributed by atoms with Gasteiger partial charge in [0, 0.05) is 23.4 Å². The van der Waals surface area contributed by atoms with E-state index in [2.05, 4.69) is 10.6 Å². The molecule has 1 amide bonds. The Bertz CT molecular complexity index is 1100. The van der Waals surface area contributed by atoms with Gasteiger partial charge < -0.3 is 30.6 Å². The second-order valence-electron chi connectivity index (χ2n) is 7.20. The summed E-state index contributed by atoms with van der Waals surface area (Å²) in [5.74, 6) is 1.00. The average Bonchev–Trinajstić information content (AvgIpc) is 2.85. The van der Waals surface area contributed by atoms with E-state index < -0.39 is 6.04 Å². The lowest BCUT2D eigenvalue weighted by Crippen LogP contribution is -2.33. The fourth-order valence-electron chi connectivity index (χ4n) is 3.44. The molecule has 8 nitrogen and oxygen atoms in total. The van der Waals surface area contributed by atoms with Crippen LogP contribution in [0.2, 0.25) is 0 Å². The van der Waals surface area contributed by atoms with Crippen molar-refractivity contribution in [3.05, 3.63) is 83.4 Å².